The minimum atomic E-state index is -0.627. The molecular weight excluding hydrogens is 348 g/mol. The fourth-order valence-corrected chi connectivity index (χ4v) is 4.21. The summed E-state index contributed by atoms with van der Waals surface area (Å²) in [6.07, 6.45) is 2.07. The number of carbonyl (C=O) groups excluding carboxylic acids is 3. The van der Waals surface area contributed by atoms with Gasteiger partial charge in [0.1, 0.15) is 5.82 Å². The largest absolute Gasteiger partial charge is 0.384 e. The number of nitrogen functional groups attached to an aromatic ring is 1. The van der Waals surface area contributed by atoms with Crippen molar-refractivity contribution in [2.45, 2.75) is 25.2 Å². The molecule has 0 atom stereocenters. The molecule has 27 heavy (non-hydrogen) atoms. The summed E-state index contributed by atoms with van der Waals surface area (Å²) in [5, 5.41) is 2.15. The van der Waals surface area contributed by atoms with E-state index >= 15 is 0 Å². The third kappa shape index (κ3) is 1.98. The van der Waals surface area contributed by atoms with Gasteiger partial charge in [-0.2, -0.15) is 0 Å². The lowest BCUT2D eigenvalue weighted by Crippen LogP contribution is -2.29. The molecule has 8 heteroatoms. The number of hydrogen-bond donors (Lipinski definition) is 2. The number of fused-ring (bicyclic) bond motifs is 3. The molecule has 1 fully saturated rings. The molecule has 2 aliphatic heterocycles. The number of carbonyl (C=O) groups is 3. The van der Waals surface area contributed by atoms with E-state index in [0.717, 1.165) is 30.2 Å². The second-order valence-electron chi connectivity index (χ2n) is 7.36. The molecule has 0 saturated heterocycles. The summed E-state index contributed by atoms with van der Waals surface area (Å²) in [6, 6.07) is 6.55. The predicted octanol–water partition coefficient (Wildman–Crippen LogP) is 0.701. The van der Waals surface area contributed by atoms with Crippen LogP contribution in [0.15, 0.2) is 29.1 Å². The van der Waals surface area contributed by atoms with Crippen molar-refractivity contribution in [1.29, 1.82) is 0 Å². The quantitative estimate of drug-likeness (QED) is 0.723. The molecule has 0 bridgehead atoms. The zero-order valence-corrected chi connectivity index (χ0v) is 14.5. The second-order valence-corrected chi connectivity index (χ2v) is 7.36. The van der Waals surface area contributed by atoms with Gasteiger partial charge in [-0.25, -0.2) is 0 Å². The van der Waals surface area contributed by atoms with E-state index in [0.29, 0.717) is 12.2 Å². The molecular formula is C19H16N4O4. The Balaban J connectivity index is 1.72. The molecule has 8 nitrogen and oxygen atoms in total. The third-order valence-electron chi connectivity index (χ3n) is 5.75. The number of anilines is 2. The normalized spacial score (nSPS) is 18.5. The molecule has 3 N–H and O–H groups in total. The van der Waals surface area contributed by atoms with Crippen LogP contribution in [0, 0.1) is 0 Å². The van der Waals surface area contributed by atoms with Crippen LogP contribution >= 0.6 is 0 Å². The predicted molar refractivity (Wildman–Crippen MR) is 97.2 cm³/mol. The van der Waals surface area contributed by atoms with Crippen molar-refractivity contribution in [2.75, 3.05) is 17.2 Å². The van der Waals surface area contributed by atoms with E-state index in [1.54, 1.807) is 17.0 Å². The van der Waals surface area contributed by atoms with E-state index in [1.807, 2.05) is 6.07 Å². The Hall–Kier alpha value is -3.42. The Morgan fingerprint density at radius 1 is 1.15 bits per heavy atom. The first-order valence-electron chi connectivity index (χ1n) is 8.67. The van der Waals surface area contributed by atoms with Gasteiger partial charge in [0.15, 0.2) is 0 Å². The first-order valence-corrected chi connectivity index (χ1v) is 8.67. The number of aromatic nitrogens is 1. The van der Waals surface area contributed by atoms with Crippen LogP contribution < -0.4 is 21.5 Å². The Bertz CT molecular complexity index is 1140. The van der Waals surface area contributed by atoms with Crippen molar-refractivity contribution in [3.63, 3.8) is 0 Å². The Morgan fingerprint density at radius 2 is 1.89 bits per heavy atom. The van der Waals surface area contributed by atoms with Crippen molar-refractivity contribution < 1.29 is 14.4 Å². The zero-order valence-electron chi connectivity index (χ0n) is 14.5. The molecule has 1 saturated carbocycles. The average Bonchev–Trinajstić information content (AvgIpc) is 3.23. The van der Waals surface area contributed by atoms with Crippen LogP contribution in [0.2, 0.25) is 0 Å². The Kier molecular flexibility index (Phi) is 2.84. The molecule has 3 aliphatic rings. The second kappa shape index (κ2) is 4.85. The lowest BCUT2D eigenvalue weighted by atomic mass is 9.98. The number of nitrogens with one attached hydrogen (secondary N) is 1. The van der Waals surface area contributed by atoms with E-state index in [9.17, 15) is 19.2 Å². The highest BCUT2D eigenvalue weighted by atomic mass is 16.2. The molecule has 1 aliphatic carbocycles. The molecule has 136 valence electrons. The standard InChI is InChI=1S/C19H16N4O4/c1-9(24)22-8-19(4-5-19)12-3-2-10(6-13(12)22)23-14(25)7-11-15(16(23)20)18(27)21-17(11)26/h2-3,6-7H,4-5,8,20H2,1H3,(H,21,26,27). The molecule has 1 aromatic carbocycles. The van der Waals surface area contributed by atoms with Gasteiger partial charge in [-0.05, 0) is 30.5 Å². The smallest absolute Gasteiger partial charge is 0.262 e. The van der Waals surface area contributed by atoms with E-state index in [4.69, 9.17) is 5.73 Å². The molecule has 3 amide bonds. The molecule has 2 aromatic rings. The minimum Gasteiger partial charge on any atom is -0.384 e. The van der Waals surface area contributed by atoms with Gasteiger partial charge >= 0.3 is 0 Å². The number of benzene rings is 1. The maximum atomic E-state index is 12.6. The van der Waals surface area contributed by atoms with E-state index in [-0.39, 0.29) is 28.3 Å². The molecule has 5 rings (SSSR count). The number of imide groups is 1. The summed E-state index contributed by atoms with van der Waals surface area (Å²) < 4.78 is 1.20. The number of hydrogen-bond acceptors (Lipinski definition) is 5. The van der Waals surface area contributed by atoms with Crippen LogP contribution in [-0.2, 0) is 10.2 Å². The molecule has 1 aromatic heterocycles. The van der Waals surface area contributed by atoms with Crippen LogP contribution in [0.4, 0.5) is 11.5 Å². The maximum Gasteiger partial charge on any atom is 0.262 e. The summed E-state index contributed by atoms with van der Waals surface area (Å²) >= 11 is 0. The number of rotatable bonds is 1. The van der Waals surface area contributed by atoms with Crippen LogP contribution in [-0.4, -0.2) is 28.8 Å². The van der Waals surface area contributed by atoms with Crippen LogP contribution in [0.1, 0.15) is 46.0 Å². The van der Waals surface area contributed by atoms with Crippen molar-refractivity contribution in [3.8, 4) is 5.69 Å². The molecule has 0 radical (unpaired) electrons. The SMILES string of the molecule is CC(=O)N1CC2(CC2)c2ccc(-n3c(N)c4c(cc3=O)C(=O)NC4=O)cc21. The number of nitrogens with zero attached hydrogens (tertiary/aromatic N) is 2. The van der Waals surface area contributed by atoms with E-state index in [2.05, 4.69) is 5.32 Å². The van der Waals surface area contributed by atoms with E-state index < -0.39 is 17.4 Å². The summed E-state index contributed by atoms with van der Waals surface area (Å²) in [4.78, 5) is 50.3. The van der Waals surface area contributed by atoms with Crippen LogP contribution in [0.3, 0.4) is 0 Å². The number of amides is 3. The molecule has 0 unspecified atom stereocenters. The lowest BCUT2D eigenvalue weighted by Gasteiger charge is -2.17. The number of pyridine rings is 1. The van der Waals surface area contributed by atoms with Crippen molar-refractivity contribution in [3.05, 3.63) is 51.3 Å². The van der Waals surface area contributed by atoms with Crippen LogP contribution in [0.5, 0.6) is 0 Å². The minimum absolute atomic E-state index is 0.00202. The number of nitrogens with two attached hydrogens (primary N) is 1. The monoisotopic (exact) mass is 364 g/mol. The summed E-state index contributed by atoms with van der Waals surface area (Å²) in [7, 11) is 0. The van der Waals surface area contributed by atoms with Crippen molar-refractivity contribution >= 4 is 29.2 Å². The maximum absolute atomic E-state index is 12.6. The highest BCUT2D eigenvalue weighted by molar-refractivity contribution is 6.23. The summed E-state index contributed by atoms with van der Waals surface area (Å²) in [5.74, 6) is -1.39. The topological polar surface area (TPSA) is 114 Å². The van der Waals surface area contributed by atoms with Crippen molar-refractivity contribution in [1.82, 2.24) is 9.88 Å². The summed E-state index contributed by atoms with van der Waals surface area (Å²) in [5.41, 5.74) is 7.92. The van der Waals surface area contributed by atoms with Gasteiger partial charge in [0.2, 0.25) is 5.91 Å². The van der Waals surface area contributed by atoms with Gasteiger partial charge in [-0.1, -0.05) is 6.07 Å². The molecule has 1 spiro atoms. The Labute approximate surface area is 153 Å². The average molecular weight is 364 g/mol. The van der Waals surface area contributed by atoms with Gasteiger partial charge in [-0.3, -0.25) is 29.1 Å². The fourth-order valence-electron chi connectivity index (χ4n) is 4.21. The van der Waals surface area contributed by atoms with Crippen molar-refractivity contribution in [2.24, 2.45) is 0 Å². The van der Waals surface area contributed by atoms with E-state index in [1.165, 1.54) is 11.5 Å². The Morgan fingerprint density at radius 3 is 2.56 bits per heavy atom. The fraction of sp³-hybridized carbons (Fsp3) is 0.263. The highest BCUT2D eigenvalue weighted by Gasteiger charge is 2.52. The summed E-state index contributed by atoms with van der Waals surface area (Å²) in [6.45, 7) is 2.16. The first kappa shape index (κ1) is 15.8. The van der Waals surface area contributed by atoms with Crippen LogP contribution in [0.25, 0.3) is 5.69 Å². The van der Waals surface area contributed by atoms with Gasteiger partial charge in [0.25, 0.3) is 17.4 Å². The van der Waals surface area contributed by atoms with Gasteiger partial charge in [0, 0.05) is 30.6 Å². The molecule has 3 heterocycles. The first-order chi connectivity index (χ1) is 12.8. The van der Waals surface area contributed by atoms with Gasteiger partial charge in [-0.15, -0.1) is 0 Å². The third-order valence-corrected chi connectivity index (χ3v) is 5.75. The lowest BCUT2D eigenvalue weighted by molar-refractivity contribution is -0.116. The zero-order chi connectivity index (χ0) is 19.1. The van der Waals surface area contributed by atoms with Gasteiger partial charge < -0.3 is 10.6 Å². The highest BCUT2D eigenvalue weighted by Crippen LogP contribution is 2.56. The van der Waals surface area contributed by atoms with Gasteiger partial charge in [0.05, 0.1) is 16.8 Å².